The number of hydrogen-bond acceptors (Lipinski definition) is 3. The van der Waals surface area contributed by atoms with Crippen molar-refractivity contribution in [3.63, 3.8) is 0 Å². The number of para-hydroxylation sites is 2. The Balaban J connectivity index is 0.00000196. The second kappa shape index (κ2) is 7.54. The molecule has 130 valence electrons. The summed E-state index contributed by atoms with van der Waals surface area (Å²) in [5.74, 6) is 1.56. The zero-order valence-corrected chi connectivity index (χ0v) is 15.5. The number of hydrogen-bond donors (Lipinski definition) is 1. The molecule has 3 nitrogen and oxygen atoms in total. The number of aryl methyl sites for hydroxylation is 2. The first-order valence-corrected chi connectivity index (χ1v) is 8.38. The van der Waals surface area contributed by atoms with E-state index in [1.54, 1.807) is 0 Å². The molecule has 0 aliphatic heterocycles. The Kier molecular flexibility index (Phi) is 5.19. The molecule has 0 aliphatic rings. The van der Waals surface area contributed by atoms with E-state index < -0.39 is 0 Å². The van der Waals surface area contributed by atoms with Crippen LogP contribution in [0.25, 0.3) is 22.3 Å². The van der Waals surface area contributed by atoms with Crippen LogP contribution in [0.3, 0.4) is 0 Å². The molecule has 4 aromatic rings. The molecule has 4 heteroatoms. The molecule has 0 atom stereocenters. The molecule has 0 spiro atoms. The van der Waals surface area contributed by atoms with Crippen LogP contribution in [-0.2, 0) is 0 Å². The van der Waals surface area contributed by atoms with Crippen molar-refractivity contribution in [2.75, 3.05) is 5.32 Å². The quantitative estimate of drug-likeness (QED) is 0.610. The first-order valence-electron chi connectivity index (χ1n) is 8.38. The lowest BCUT2D eigenvalue weighted by Gasteiger charge is -2.14. The van der Waals surface area contributed by atoms with Gasteiger partial charge in [-0.3, -0.25) is 0 Å². The number of nitrogens with zero attached hydrogens (tertiary/aromatic N) is 2. The van der Waals surface area contributed by atoms with E-state index in [0.29, 0.717) is 0 Å². The van der Waals surface area contributed by atoms with Crippen molar-refractivity contribution in [3.8, 4) is 11.4 Å². The summed E-state index contributed by atoms with van der Waals surface area (Å²) in [7, 11) is 0. The van der Waals surface area contributed by atoms with Gasteiger partial charge in [-0.25, -0.2) is 9.97 Å². The Morgan fingerprint density at radius 3 is 2.08 bits per heavy atom. The van der Waals surface area contributed by atoms with Crippen LogP contribution in [0, 0.1) is 13.8 Å². The first-order chi connectivity index (χ1) is 12.2. The second-order valence-corrected chi connectivity index (χ2v) is 6.17. The van der Waals surface area contributed by atoms with Gasteiger partial charge in [-0.1, -0.05) is 60.7 Å². The van der Waals surface area contributed by atoms with Crippen LogP contribution in [0.1, 0.15) is 11.1 Å². The van der Waals surface area contributed by atoms with E-state index in [0.717, 1.165) is 33.8 Å². The largest absolute Gasteiger partial charge is 1.00 e. The van der Waals surface area contributed by atoms with Crippen LogP contribution in [0.4, 0.5) is 11.5 Å². The standard InChI is InChI=1S/C22H19N3.ClH/c1-15-9-8-10-16(2)20(15)24-22-18-13-6-7-14-19(18)23-21(25-22)17-11-4-3-5-12-17;/h3-14H,1-2H3,(H,23,24,25);1H/p-1. The van der Waals surface area contributed by atoms with Gasteiger partial charge in [0.05, 0.1) is 5.52 Å². The van der Waals surface area contributed by atoms with Crippen molar-refractivity contribution < 1.29 is 12.4 Å². The molecule has 0 radical (unpaired) electrons. The Morgan fingerprint density at radius 1 is 0.692 bits per heavy atom. The van der Waals surface area contributed by atoms with Gasteiger partial charge in [-0.2, -0.15) is 0 Å². The Hall–Kier alpha value is -2.91. The van der Waals surface area contributed by atoms with Crippen molar-refractivity contribution in [1.82, 2.24) is 9.97 Å². The Labute approximate surface area is 159 Å². The molecule has 0 bridgehead atoms. The Bertz CT molecular complexity index is 1030. The number of fused-ring (bicyclic) bond motifs is 1. The van der Waals surface area contributed by atoms with Gasteiger partial charge in [-0.15, -0.1) is 0 Å². The number of aromatic nitrogens is 2. The summed E-state index contributed by atoms with van der Waals surface area (Å²) in [6.07, 6.45) is 0. The maximum Gasteiger partial charge on any atom is 0.162 e. The van der Waals surface area contributed by atoms with Crippen molar-refractivity contribution in [1.29, 1.82) is 0 Å². The van der Waals surface area contributed by atoms with E-state index in [-0.39, 0.29) is 12.4 Å². The highest BCUT2D eigenvalue weighted by Gasteiger charge is 2.11. The van der Waals surface area contributed by atoms with Crippen LogP contribution in [0.5, 0.6) is 0 Å². The molecule has 3 aromatic carbocycles. The van der Waals surface area contributed by atoms with Crippen LogP contribution in [0.15, 0.2) is 72.8 Å². The zero-order valence-electron chi connectivity index (χ0n) is 14.7. The van der Waals surface area contributed by atoms with Crippen molar-refractivity contribution in [2.24, 2.45) is 0 Å². The zero-order chi connectivity index (χ0) is 17.2. The van der Waals surface area contributed by atoms with Crippen LogP contribution < -0.4 is 17.7 Å². The summed E-state index contributed by atoms with van der Waals surface area (Å²) in [6.45, 7) is 4.22. The molecule has 1 heterocycles. The van der Waals surface area contributed by atoms with Gasteiger partial charge in [0.15, 0.2) is 5.82 Å². The Morgan fingerprint density at radius 2 is 1.35 bits per heavy atom. The third-order valence-corrected chi connectivity index (χ3v) is 4.36. The fourth-order valence-corrected chi connectivity index (χ4v) is 3.02. The van der Waals surface area contributed by atoms with Gasteiger partial charge >= 0.3 is 0 Å². The number of rotatable bonds is 3. The molecular formula is C22H19ClN3-. The fraction of sp³-hybridized carbons (Fsp3) is 0.0909. The van der Waals surface area contributed by atoms with E-state index in [1.165, 1.54) is 11.1 Å². The second-order valence-electron chi connectivity index (χ2n) is 6.17. The molecule has 0 saturated carbocycles. The molecule has 26 heavy (non-hydrogen) atoms. The van der Waals surface area contributed by atoms with Gasteiger partial charge in [0.1, 0.15) is 5.82 Å². The van der Waals surface area contributed by atoms with Gasteiger partial charge in [0.25, 0.3) is 0 Å². The number of benzene rings is 3. The summed E-state index contributed by atoms with van der Waals surface area (Å²) in [4.78, 5) is 9.57. The lowest BCUT2D eigenvalue weighted by molar-refractivity contribution is -0.00000514. The van der Waals surface area contributed by atoms with Gasteiger partial charge in [0.2, 0.25) is 0 Å². The predicted molar refractivity (Wildman–Crippen MR) is 104 cm³/mol. The van der Waals surface area contributed by atoms with Crippen LogP contribution in [-0.4, -0.2) is 9.97 Å². The third-order valence-electron chi connectivity index (χ3n) is 4.36. The average molecular weight is 361 g/mol. The fourth-order valence-electron chi connectivity index (χ4n) is 3.02. The van der Waals surface area contributed by atoms with Gasteiger partial charge in [-0.05, 0) is 37.1 Å². The monoisotopic (exact) mass is 360 g/mol. The van der Waals surface area contributed by atoms with E-state index in [9.17, 15) is 0 Å². The van der Waals surface area contributed by atoms with E-state index >= 15 is 0 Å². The molecule has 1 aromatic heterocycles. The van der Waals surface area contributed by atoms with Gasteiger partial charge in [0, 0.05) is 16.6 Å². The molecule has 0 aliphatic carbocycles. The molecule has 0 amide bonds. The average Bonchev–Trinajstić information content (AvgIpc) is 2.65. The maximum atomic E-state index is 4.83. The summed E-state index contributed by atoms with van der Waals surface area (Å²) in [6, 6.07) is 24.5. The van der Waals surface area contributed by atoms with Gasteiger partial charge < -0.3 is 17.7 Å². The minimum absolute atomic E-state index is 0. The smallest absolute Gasteiger partial charge is 0.162 e. The summed E-state index contributed by atoms with van der Waals surface area (Å²) >= 11 is 0. The van der Waals surface area contributed by atoms with Crippen molar-refractivity contribution in [2.45, 2.75) is 13.8 Å². The molecule has 1 N–H and O–H groups in total. The highest BCUT2D eigenvalue weighted by molar-refractivity contribution is 5.92. The lowest BCUT2D eigenvalue weighted by Crippen LogP contribution is -3.00. The highest BCUT2D eigenvalue weighted by Crippen LogP contribution is 2.29. The molecular weight excluding hydrogens is 342 g/mol. The highest BCUT2D eigenvalue weighted by atomic mass is 35.5. The van der Waals surface area contributed by atoms with E-state index in [1.807, 2.05) is 48.5 Å². The molecule has 0 saturated heterocycles. The summed E-state index contributed by atoms with van der Waals surface area (Å²) in [5, 5.41) is 4.56. The molecule has 4 rings (SSSR count). The normalized spacial score (nSPS) is 10.4. The van der Waals surface area contributed by atoms with Crippen LogP contribution in [0.2, 0.25) is 0 Å². The lowest BCUT2D eigenvalue weighted by atomic mass is 10.1. The topological polar surface area (TPSA) is 37.8 Å². The molecule has 0 fully saturated rings. The van der Waals surface area contributed by atoms with Crippen LogP contribution >= 0.6 is 0 Å². The predicted octanol–water partition coefficient (Wildman–Crippen LogP) is 2.66. The summed E-state index contributed by atoms with van der Waals surface area (Å²) < 4.78 is 0. The van der Waals surface area contributed by atoms with E-state index in [2.05, 4.69) is 43.4 Å². The van der Waals surface area contributed by atoms with Crippen molar-refractivity contribution in [3.05, 3.63) is 83.9 Å². The minimum Gasteiger partial charge on any atom is -1.00 e. The number of nitrogens with one attached hydrogen (secondary N) is 1. The first kappa shape index (κ1) is 17.9. The summed E-state index contributed by atoms with van der Waals surface area (Å²) in [5.41, 5.74) is 5.45. The third kappa shape index (κ3) is 3.39. The minimum atomic E-state index is 0. The number of halogens is 1. The van der Waals surface area contributed by atoms with Crippen molar-refractivity contribution >= 4 is 22.4 Å². The SMILES string of the molecule is Cc1cccc(C)c1Nc1nc(-c2ccccc2)nc2ccccc12.[Cl-]. The van der Waals surface area contributed by atoms with E-state index in [4.69, 9.17) is 9.97 Å². The maximum absolute atomic E-state index is 4.83. The molecule has 0 unspecified atom stereocenters. The number of anilines is 2.